The number of carbonyl (C=O) groups is 2. The van der Waals surface area contributed by atoms with Gasteiger partial charge in [0.05, 0.1) is 6.61 Å². The van der Waals surface area contributed by atoms with Gasteiger partial charge in [0, 0.05) is 12.7 Å². The maximum Gasteiger partial charge on any atom is 0.279 e. The molecule has 25 heavy (non-hydrogen) atoms. The van der Waals surface area contributed by atoms with Gasteiger partial charge in [-0.25, -0.2) is 4.39 Å². The smallest absolute Gasteiger partial charge is 0.279 e. The number of methoxy groups -OCH3 is 1. The number of hydrogen-bond acceptors (Lipinski definition) is 4. The van der Waals surface area contributed by atoms with E-state index in [1.54, 1.807) is 31.4 Å². The van der Waals surface area contributed by atoms with E-state index in [9.17, 15) is 14.0 Å². The zero-order valence-corrected chi connectivity index (χ0v) is 13.9. The fourth-order valence-electron chi connectivity index (χ4n) is 1.98. The summed E-state index contributed by atoms with van der Waals surface area (Å²) in [6.07, 6.45) is -0.866. The predicted octanol–water partition coefficient (Wildman–Crippen LogP) is 2.20. The zero-order chi connectivity index (χ0) is 18.2. The van der Waals surface area contributed by atoms with Crippen molar-refractivity contribution in [2.24, 2.45) is 0 Å². The highest BCUT2D eigenvalue weighted by Crippen LogP contribution is 2.13. The van der Waals surface area contributed by atoms with Crippen LogP contribution in [0.25, 0.3) is 0 Å². The first-order valence-electron chi connectivity index (χ1n) is 7.60. The Morgan fingerprint density at radius 2 is 1.68 bits per heavy atom. The molecule has 132 valence electrons. The molecular formula is C18H19FN2O4. The summed E-state index contributed by atoms with van der Waals surface area (Å²) >= 11 is 0. The van der Waals surface area contributed by atoms with E-state index in [0.717, 1.165) is 5.56 Å². The molecule has 0 heterocycles. The largest absolute Gasteiger partial charge is 0.481 e. The van der Waals surface area contributed by atoms with E-state index in [1.165, 1.54) is 31.2 Å². The van der Waals surface area contributed by atoms with Gasteiger partial charge in [-0.3, -0.25) is 20.4 Å². The van der Waals surface area contributed by atoms with Crippen LogP contribution in [-0.4, -0.2) is 25.0 Å². The lowest BCUT2D eigenvalue weighted by Crippen LogP contribution is -2.47. The molecule has 0 bridgehead atoms. The molecule has 0 radical (unpaired) electrons. The van der Waals surface area contributed by atoms with Gasteiger partial charge in [0.25, 0.3) is 11.8 Å². The summed E-state index contributed by atoms with van der Waals surface area (Å²) < 4.78 is 23.2. The first kappa shape index (κ1) is 18.4. The molecule has 0 saturated carbocycles. The molecule has 0 saturated heterocycles. The molecule has 1 atom stereocenters. The van der Waals surface area contributed by atoms with Gasteiger partial charge < -0.3 is 9.47 Å². The predicted molar refractivity (Wildman–Crippen MR) is 89.3 cm³/mol. The summed E-state index contributed by atoms with van der Waals surface area (Å²) in [6, 6.07) is 12.1. The Hall–Kier alpha value is -2.93. The monoisotopic (exact) mass is 346 g/mol. The van der Waals surface area contributed by atoms with Gasteiger partial charge in [0.15, 0.2) is 6.10 Å². The standard InChI is InChI=1S/C18H19FN2O4/c1-12(25-16-9-7-15(19)8-10-16)17(22)20-21-18(23)14-5-3-13(4-6-14)11-24-2/h3-10,12H,11H2,1-2H3,(H,20,22)(H,21,23)/t12-/m1/s1. The van der Waals surface area contributed by atoms with Crippen molar-refractivity contribution in [1.29, 1.82) is 0 Å². The van der Waals surface area contributed by atoms with Crippen LogP contribution in [0.1, 0.15) is 22.8 Å². The summed E-state index contributed by atoms with van der Waals surface area (Å²) in [4.78, 5) is 23.9. The molecule has 6 nitrogen and oxygen atoms in total. The number of hydrazine groups is 1. The number of hydrogen-bond donors (Lipinski definition) is 2. The Kier molecular flexibility index (Phi) is 6.47. The van der Waals surface area contributed by atoms with Crippen molar-refractivity contribution in [3.05, 3.63) is 65.5 Å². The van der Waals surface area contributed by atoms with Crippen molar-refractivity contribution < 1.29 is 23.5 Å². The summed E-state index contributed by atoms with van der Waals surface area (Å²) in [7, 11) is 1.59. The molecule has 0 aliphatic rings. The molecule has 2 amide bonds. The van der Waals surface area contributed by atoms with Gasteiger partial charge in [0.2, 0.25) is 0 Å². The number of carbonyl (C=O) groups excluding carboxylic acids is 2. The van der Waals surface area contributed by atoms with Crippen LogP contribution in [0.5, 0.6) is 5.75 Å². The molecular weight excluding hydrogens is 327 g/mol. The van der Waals surface area contributed by atoms with Gasteiger partial charge in [-0.05, 0) is 48.9 Å². The topological polar surface area (TPSA) is 76.7 Å². The van der Waals surface area contributed by atoms with Crippen LogP contribution in [0, 0.1) is 5.82 Å². The molecule has 0 aromatic heterocycles. The molecule has 0 aliphatic heterocycles. The van der Waals surface area contributed by atoms with Crippen molar-refractivity contribution in [2.45, 2.75) is 19.6 Å². The lowest BCUT2D eigenvalue weighted by Gasteiger charge is -2.15. The Labute approximate surface area is 144 Å². The quantitative estimate of drug-likeness (QED) is 0.786. The van der Waals surface area contributed by atoms with Gasteiger partial charge >= 0.3 is 0 Å². The lowest BCUT2D eigenvalue weighted by atomic mass is 10.1. The molecule has 0 fully saturated rings. The van der Waals surface area contributed by atoms with Gasteiger partial charge in [0.1, 0.15) is 11.6 Å². The van der Waals surface area contributed by atoms with E-state index in [-0.39, 0.29) is 0 Å². The minimum atomic E-state index is -0.866. The maximum atomic E-state index is 12.8. The first-order chi connectivity index (χ1) is 12.0. The molecule has 0 spiro atoms. The van der Waals surface area contributed by atoms with Gasteiger partial charge in [-0.15, -0.1) is 0 Å². The highest BCUT2D eigenvalue weighted by Gasteiger charge is 2.16. The van der Waals surface area contributed by atoms with Crippen LogP contribution in [-0.2, 0) is 16.1 Å². The second kappa shape index (κ2) is 8.79. The second-order valence-corrected chi connectivity index (χ2v) is 5.29. The van der Waals surface area contributed by atoms with E-state index in [1.807, 2.05) is 0 Å². The van der Waals surface area contributed by atoms with Crippen LogP contribution in [0.4, 0.5) is 4.39 Å². The van der Waals surface area contributed by atoms with Gasteiger partial charge in [-0.2, -0.15) is 0 Å². The molecule has 2 aromatic rings. The van der Waals surface area contributed by atoms with Crippen LogP contribution < -0.4 is 15.6 Å². The lowest BCUT2D eigenvalue weighted by molar-refractivity contribution is -0.128. The fourth-order valence-corrected chi connectivity index (χ4v) is 1.98. The number of rotatable bonds is 6. The molecule has 7 heteroatoms. The van der Waals surface area contributed by atoms with Crippen LogP contribution in [0.2, 0.25) is 0 Å². The summed E-state index contributed by atoms with van der Waals surface area (Å²) in [5.74, 6) is -1.03. The van der Waals surface area contributed by atoms with E-state index < -0.39 is 23.7 Å². The third kappa shape index (κ3) is 5.58. The summed E-state index contributed by atoms with van der Waals surface area (Å²) in [6.45, 7) is 1.97. The minimum absolute atomic E-state index is 0.351. The van der Waals surface area contributed by atoms with E-state index in [4.69, 9.17) is 9.47 Å². The summed E-state index contributed by atoms with van der Waals surface area (Å²) in [5, 5.41) is 0. The Balaban J connectivity index is 1.83. The second-order valence-electron chi connectivity index (χ2n) is 5.29. The Morgan fingerprint density at radius 1 is 1.04 bits per heavy atom. The van der Waals surface area contributed by atoms with Crippen molar-refractivity contribution in [3.8, 4) is 5.75 Å². The normalized spacial score (nSPS) is 11.5. The summed E-state index contributed by atoms with van der Waals surface area (Å²) in [5.41, 5.74) is 5.94. The van der Waals surface area contributed by atoms with Gasteiger partial charge in [-0.1, -0.05) is 12.1 Å². The minimum Gasteiger partial charge on any atom is -0.481 e. The number of halogens is 1. The first-order valence-corrected chi connectivity index (χ1v) is 7.60. The van der Waals surface area contributed by atoms with Crippen LogP contribution >= 0.6 is 0 Å². The van der Waals surface area contributed by atoms with Crippen molar-refractivity contribution in [3.63, 3.8) is 0 Å². The van der Waals surface area contributed by atoms with E-state index in [0.29, 0.717) is 17.9 Å². The Bertz CT molecular complexity index is 717. The molecule has 2 aromatic carbocycles. The van der Waals surface area contributed by atoms with Crippen LogP contribution in [0.3, 0.4) is 0 Å². The SMILES string of the molecule is COCc1ccc(C(=O)NNC(=O)[C@@H](C)Oc2ccc(F)cc2)cc1. The third-order valence-corrected chi connectivity index (χ3v) is 3.32. The molecule has 2 rings (SSSR count). The number of amides is 2. The average molecular weight is 346 g/mol. The molecule has 2 N–H and O–H groups in total. The van der Waals surface area contributed by atoms with E-state index >= 15 is 0 Å². The fraction of sp³-hybridized carbons (Fsp3) is 0.222. The highest BCUT2D eigenvalue weighted by molar-refractivity contribution is 5.95. The molecule has 0 aliphatic carbocycles. The maximum absolute atomic E-state index is 12.8. The number of benzene rings is 2. The zero-order valence-electron chi connectivity index (χ0n) is 13.9. The number of nitrogens with one attached hydrogen (secondary N) is 2. The van der Waals surface area contributed by atoms with Crippen molar-refractivity contribution >= 4 is 11.8 Å². The Morgan fingerprint density at radius 3 is 2.28 bits per heavy atom. The highest BCUT2D eigenvalue weighted by atomic mass is 19.1. The van der Waals surface area contributed by atoms with Crippen molar-refractivity contribution in [1.82, 2.24) is 10.9 Å². The van der Waals surface area contributed by atoms with E-state index in [2.05, 4.69) is 10.9 Å². The third-order valence-electron chi connectivity index (χ3n) is 3.32. The molecule has 0 unspecified atom stereocenters. The van der Waals surface area contributed by atoms with Crippen LogP contribution in [0.15, 0.2) is 48.5 Å². The number of ether oxygens (including phenoxy) is 2. The van der Waals surface area contributed by atoms with Crippen molar-refractivity contribution in [2.75, 3.05) is 7.11 Å². The average Bonchev–Trinajstić information content (AvgIpc) is 2.62.